The molecule has 0 saturated carbocycles. The fourth-order valence-corrected chi connectivity index (χ4v) is 6.30. The maximum absolute atomic E-state index is 10.5. The molecule has 5 aliphatic heterocycles. The molecule has 4 heteroatoms. The van der Waals surface area contributed by atoms with E-state index in [2.05, 4.69) is 41.1 Å². The first-order chi connectivity index (χ1) is 11.2. The lowest BCUT2D eigenvalue weighted by atomic mass is 9.58. The lowest BCUT2D eigenvalue weighted by molar-refractivity contribution is -0.280. The highest BCUT2D eigenvalue weighted by Crippen LogP contribution is 2.58. The fraction of sp³-hybridized carbons (Fsp3) is 0.579. The Bertz CT molecular complexity index is 800. The third kappa shape index (κ3) is 1.44. The largest absolute Gasteiger partial charge is 0.368 e. The molecule has 4 fully saturated rings. The monoisotopic (exact) mass is 310 g/mol. The molecule has 0 amide bonds. The van der Waals surface area contributed by atoms with E-state index in [1.807, 2.05) is 0 Å². The summed E-state index contributed by atoms with van der Waals surface area (Å²) in [5.74, 6) is 1.47. The molecule has 1 aromatic heterocycles. The highest BCUT2D eigenvalue weighted by atomic mass is 16.6. The van der Waals surface area contributed by atoms with E-state index < -0.39 is 6.29 Å². The van der Waals surface area contributed by atoms with Crippen molar-refractivity contribution < 1.29 is 9.84 Å². The van der Waals surface area contributed by atoms with Crippen molar-refractivity contribution in [3.05, 3.63) is 35.5 Å². The number of para-hydroxylation sites is 1. The normalized spacial score (nSPS) is 46.9. The number of hydrogen-bond acceptors (Lipinski definition) is 3. The summed E-state index contributed by atoms with van der Waals surface area (Å²) in [5.41, 5.74) is 4.18. The minimum absolute atomic E-state index is 0.281. The quantitative estimate of drug-likeness (QED) is 0.786. The molecule has 23 heavy (non-hydrogen) atoms. The molecule has 0 spiro atoms. The van der Waals surface area contributed by atoms with E-state index in [9.17, 15) is 5.11 Å². The van der Waals surface area contributed by atoms with Crippen molar-refractivity contribution in [3.63, 3.8) is 0 Å². The Morgan fingerprint density at radius 3 is 3.04 bits per heavy atom. The Balaban J connectivity index is 1.56. The van der Waals surface area contributed by atoms with Crippen molar-refractivity contribution in [1.29, 1.82) is 0 Å². The number of piperidine rings is 3. The summed E-state index contributed by atoms with van der Waals surface area (Å²) in [6.45, 7) is 3.08. The van der Waals surface area contributed by atoms with E-state index in [0.29, 0.717) is 30.0 Å². The number of H-pyrrole nitrogens is 1. The molecule has 2 aromatic rings. The van der Waals surface area contributed by atoms with Gasteiger partial charge in [-0.3, -0.25) is 4.90 Å². The molecular weight excluding hydrogens is 288 g/mol. The number of ether oxygens (including phenoxy) is 1. The summed E-state index contributed by atoms with van der Waals surface area (Å²) < 4.78 is 5.74. The van der Waals surface area contributed by atoms with Crippen molar-refractivity contribution in [2.75, 3.05) is 6.61 Å². The number of rotatable bonds is 0. The first-order valence-corrected chi connectivity index (χ1v) is 8.90. The molecule has 2 N–H and O–H groups in total. The third-order valence-corrected chi connectivity index (χ3v) is 7.20. The summed E-state index contributed by atoms with van der Waals surface area (Å²) in [5, 5.41) is 11.9. The molecule has 7 rings (SSSR count). The molecular formula is C19H22N2O2. The second-order valence-corrected chi connectivity index (χ2v) is 7.90. The van der Waals surface area contributed by atoms with Crippen LogP contribution in [-0.4, -0.2) is 40.0 Å². The molecule has 120 valence electrons. The zero-order valence-corrected chi connectivity index (χ0v) is 13.3. The fourth-order valence-electron chi connectivity index (χ4n) is 6.30. The summed E-state index contributed by atoms with van der Waals surface area (Å²) in [6, 6.07) is 10.1. The number of aromatic amines is 1. The van der Waals surface area contributed by atoms with Crippen LogP contribution >= 0.6 is 0 Å². The van der Waals surface area contributed by atoms with Gasteiger partial charge in [0, 0.05) is 40.5 Å². The van der Waals surface area contributed by atoms with Gasteiger partial charge in [0.15, 0.2) is 6.29 Å². The Kier molecular flexibility index (Phi) is 2.36. The van der Waals surface area contributed by atoms with Gasteiger partial charge < -0.3 is 14.8 Å². The van der Waals surface area contributed by atoms with E-state index in [0.717, 1.165) is 19.4 Å². The number of benzene rings is 1. The van der Waals surface area contributed by atoms with Crippen LogP contribution in [0.1, 0.15) is 30.6 Å². The number of nitrogens with one attached hydrogen (secondary N) is 1. The molecule has 0 aliphatic carbocycles. The van der Waals surface area contributed by atoms with Crippen LogP contribution in [0.2, 0.25) is 0 Å². The molecule has 1 aromatic carbocycles. The Labute approximate surface area is 135 Å². The van der Waals surface area contributed by atoms with Crippen LogP contribution in [0.25, 0.3) is 10.9 Å². The van der Waals surface area contributed by atoms with Gasteiger partial charge in [-0.05, 0) is 37.3 Å². The number of aliphatic hydroxyl groups excluding tert-OH is 1. The second kappa shape index (κ2) is 4.18. The average Bonchev–Trinajstić information content (AvgIpc) is 2.93. The Hall–Kier alpha value is -1.36. The Morgan fingerprint density at radius 2 is 2.13 bits per heavy atom. The van der Waals surface area contributed by atoms with Crippen molar-refractivity contribution in [1.82, 2.24) is 9.88 Å². The summed E-state index contributed by atoms with van der Waals surface area (Å²) in [4.78, 5) is 6.43. The predicted octanol–water partition coefficient (Wildman–Crippen LogP) is 2.44. The van der Waals surface area contributed by atoms with E-state index in [-0.39, 0.29) is 5.92 Å². The van der Waals surface area contributed by atoms with Crippen LogP contribution in [0.3, 0.4) is 0 Å². The maximum atomic E-state index is 10.5. The molecule has 5 aliphatic rings. The molecule has 0 radical (unpaired) electrons. The average molecular weight is 310 g/mol. The third-order valence-electron chi connectivity index (χ3n) is 7.20. The minimum atomic E-state index is -0.580. The molecule has 6 bridgehead atoms. The van der Waals surface area contributed by atoms with Gasteiger partial charge in [-0.15, -0.1) is 0 Å². The highest BCUT2D eigenvalue weighted by Gasteiger charge is 2.61. The number of hydrogen-bond donors (Lipinski definition) is 2. The van der Waals surface area contributed by atoms with Gasteiger partial charge in [-0.1, -0.05) is 18.2 Å². The number of aliphatic hydroxyl groups is 1. The van der Waals surface area contributed by atoms with Crippen LogP contribution in [0.15, 0.2) is 24.3 Å². The molecule has 8 atom stereocenters. The van der Waals surface area contributed by atoms with Crippen molar-refractivity contribution in [2.45, 2.75) is 44.2 Å². The molecule has 4 saturated heterocycles. The standard InChI is InChI=1S/C19H22N2O2/c1-9-13-8-23-19(22)17-11(13)6-16-18-12(7-15(17)21(9)16)10-4-2-3-5-14(10)20-18/h2-5,9,11,13,15-17,19-20,22H,6-8H2,1H3/t9-,11+,13-,15+,16+,17-,19-/m1/s1. The number of aromatic nitrogens is 1. The van der Waals surface area contributed by atoms with E-state index >= 15 is 0 Å². The van der Waals surface area contributed by atoms with Crippen LogP contribution in [0.4, 0.5) is 0 Å². The van der Waals surface area contributed by atoms with Crippen LogP contribution < -0.4 is 0 Å². The van der Waals surface area contributed by atoms with Gasteiger partial charge in [-0.2, -0.15) is 0 Å². The number of nitrogens with zero attached hydrogens (tertiary/aromatic N) is 1. The molecule has 4 nitrogen and oxygen atoms in total. The van der Waals surface area contributed by atoms with Gasteiger partial charge in [0.1, 0.15) is 0 Å². The Morgan fingerprint density at radius 1 is 1.26 bits per heavy atom. The molecule has 1 unspecified atom stereocenters. The highest BCUT2D eigenvalue weighted by molar-refractivity contribution is 5.85. The van der Waals surface area contributed by atoms with E-state index in [1.165, 1.54) is 22.2 Å². The van der Waals surface area contributed by atoms with Gasteiger partial charge in [-0.25, -0.2) is 0 Å². The first-order valence-electron chi connectivity index (χ1n) is 8.90. The second-order valence-electron chi connectivity index (χ2n) is 7.90. The van der Waals surface area contributed by atoms with Gasteiger partial charge in [0.05, 0.1) is 12.6 Å². The number of fused-ring (bicyclic) bond motifs is 3. The summed E-state index contributed by atoms with van der Waals surface area (Å²) in [7, 11) is 0. The van der Waals surface area contributed by atoms with Crippen molar-refractivity contribution in [2.24, 2.45) is 17.8 Å². The smallest absolute Gasteiger partial charge is 0.159 e. The topological polar surface area (TPSA) is 48.5 Å². The molecule has 6 heterocycles. The summed E-state index contributed by atoms with van der Waals surface area (Å²) >= 11 is 0. The van der Waals surface area contributed by atoms with Crippen molar-refractivity contribution >= 4 is 10.9 Å². The van der Waals surface area contributed by atoms with Gasteiger partial charge >= 0.3 is 0 Å². The lowest BCUT2D eigenvalue weighted by Gasteiger charge is -2.65. The maximum Gasteiger partial charge on any atom is 0.159 e. The van der Waals surface area contributed by atoms with Crippen LogP contribution in [0.5, 0.6) is 0 Å². The van der Waals surface area contributed by atoms with E-state index in [1.54, 1.807) is 0 Å². The SMILES string of the molecule is C[C@@H]1[C@H]2CO[C@@H](O)[C@@H]3[C@H]2C[C@H]2c4[nH]c5ccccc5c4C[C@@H]3N12. The first kappa shape index (κ1) is 13.0. The zero-order chi connectivity index (χ0) is 15.3. The van der Waals surface area contributed by atoms with Crippen LogP contribution in [0, 0.1) is 17.8 Å². The van der Waals surface area contributed by atoms with Crippen molar-refractivity contribution in [3.8, 4) is 0 Å². The van der Waals surface area contributed by atoms with Crippen LogP contribution in [-0.2, 0) is 11.2 Å². The minimum Gasteiger partial charge on any atom is -0.368 e. The zero-order valence-electron chi connectivity index (χ0n) is 13.3. The van der Waals surface area contributed by atoms with E-state index in [4.69, 9.17) is 4.74 Å². The van der Waals surface area contributed by atoms with Gasteiger partial charge in [0.25, 0.3) is 0 Å². The lowest BCUT2D eigenvalue weighted by Crippen LogP contribution is -2.71. The summed E-state index contributed by atoms with van der Waals surface area (Å²) in [6.07, 6.45) is 1.62. The van der Waals surface area contributed by atoms with Gasteiger partial charge in [0.2, 0.25) is 0 Å². The predicted molar refractivity (Wildman–Crippen MR) is 86.9 cm³/mol.